The zero-order valence-corrected chi connectivity index (χ0v) is 19.8. The van der Waals surface area contributed by atoms with E-state index in [1.807, 2.05) is 59.5 Å². The second-order valence-corrected chi connectivity index (χ2v) is 9.04. The Hall–Kier alpha value is -3.31. The summed E-state index contributed by atoms with van der Waals surface area (Å²) in [4.78, 5) is 20.9. The van der Waals surface area contributed by atoms with Gasteiger partial charge in [0, 0.05) is 36.3 Å². The van der Waals surface area contributed by atoms with Gasteiger partial charge >= 0.3 is 0 Å². The number of nitrogens with zero attached hydrogens (tertiary/aromatic N) is 2. The number of aromatic nitrogens is 1. The maximum Gasteiger partial charge on any atom is 0.289 e. The number of aryl methyl sites for hydroxylation is 2. The van der Waals surface area contributed by atoms with Crippen LogP contribution in [0.3, 0.4) is 0 Å². The SMILES string of the molecule is Cc1cccc(C)c1SCc1ccc(C(=O)N(CCc2ccccn2)Cc2ccccc2)o1. The summed E-state index contributed by atoms with van der Waals surface area (Å²) < 4.78 is 5.99. The largest absolute Gasteiger partial charge is 0.455 e. The maximum absolute atomic E-state index is 13.4. The molecule has 0 bridgehead atoms. The van der Waals surface area contributed by atoms with Crippen LogP contribution in [0.15, 0.2) is 94.4 Å². The highest BCUT2D eigenvalue weighted by Crippen LogP contribution is 2.30. The number of hydrogen-bond acceptors (Lipinski definition) is 4. The number of carbonyl (C=O) groups is 1. The smallest absolute Gasteiger partial charge is 0.289 e. The molecule has 0 radical (unpaired) electrons. The van der Waals surface area contributed by atoms with Gasteiger partial charge in [0.05, 0.1) is 5.75 Å². The number of hydrogen-bond donors (Lipinski definition) is 0. The molecule has 0 saturated carbocycles. The fourth-order valence-corrected chi connectivity index (χ4v) is 4.78. The Balaban J connectivity index is 1.46. The summed E-state index contributed by atoms with van der Waals surface area (Å²) in [6.45, 7) is 5.34. The van der Waals surface area contributed by atoms with Crippen LogP contribution in [0.25, 0.3) is 0 Å². The van der Waals surface area contributed by atoms with Crippen molar-refractivity contribution in [3.63, 3.8) is 0 Å². The molecule has 168 valence electrons. The van der Waals surface area contributed by atoms with Crippen LogP contribution in [-0.2, 0) is 18.7 Å². The third-order valence-corrected chi connectivity index (χ3v) is 6.87. The topological polar surface area (TPSA) is 46.3 Å². The third kappa shape index (κ3) is 6.14. The van der Waals surface area contributed by atoms with Crippen LogP contribution < -0.4 is 0 Å². The van der Waals surface area contributed by atoms with Gasteiger partial charge in [-0.1, -0.05) is 54.6 Å². The van der Waals surface area contributed by atoms with Crippen molar-refractivity contribution < 1.29 is 9.21 Å². The van der Waals surface area contributed by atoms with Crippen molar-refractivity contribution in [3.05, 3.63) is 119 Å². The summed E-state index contributed by atoms with van der Waals surface area (Å²) in [5, 5.41) is 0. The zero-order chi connectivity index (χ0) is 23.0. The van der Waals surface area contributed by atoms with Crippen molar-refractivity contribution in [1.29, 1.82) is 0 Å². The minimum atomic E-state index is -0.0990. The van der Waals surface area contributed by atoms with E-state index in [4.69, 9.17) is 4.42 Å². The Labute approximate surface area is 199 Å². The molecule has 4 aromatic rings. The normalized spacial score (nSPS) is 10.8. The second-order valence-electron chi connectivity index (χ2n) is 8.06. The van der Waals surface area contributed by atoms with E-state index in [1.54, 1.807) is 24.0 Å². The van der Waals surface area contributed by atoms with Crippen LogP contribution >= 0.6 is 11.8 Å². The molecule has 1 amide bonds. The summed E-state index contributed by atoms with van der Waals surface area (Å²) >= 11 is 1.74. The molecule has 0 fully saturated rings. The van der Waals surface area contributed by atoms with Gasteiger partial charge in [-0.3, -0.25) is 9.78 Å². The lowest BCUT2D eigenvalue weighted by molar-refractivity contribution is 0.0711. The summed E-state index contributed by atoms with van der Waals surface area (Å²) in [5.41, 5.74) is 4.57. The second kappa shape index (κ2) is 11.0. The highest BCUT2D eigenvalue weighted by atomic mass is 32.2. The van der Waals surface area contributed by atoms with Gasteiger partial charge < -0.3 is 9.32 Å². The first-order valence-corrected chi connectivity index (χ1v) is 12.1. The van der Waals surface area contributed by atoms with E-state index in [-0.39, 0.29) is 5.91 Å². The molecular weight excluding hydrogens is 428 g/mol. The van der Waals surface area contributed by atoms with E-state index in [2.05, 4.69) is 37.0 Å². The average molecular weight is 457 g/mol. The van der Waals surface area contributed by atoms with Crippen molar-refractivity contribution in [2.45, 2.75) is 37.5 Å². The first-order valence-electron chi connectivity index (χ1n) is 11.1. The van der Waals surface area contributed by atoms with Gasteiger partial charge in [0.15, 0.2) is 5.76 Å². The number of rotatable bonds is 9. The molecule has 0 saturated heterocycles. The fraction of sp³-hybridized carbons (Fsp3) is 0.214. The molecule has 0 aliphatic carbocycles. The van der Waals surface area contributed by atoms with Crippen molar-refractivity contribution >= 4 is 17.7 Å². The van der Waals surface area contributed by atoms with Gasteiger partial charge in [-0.25, -0.2) is 0 Å². The molecule has 2 aromatic heterocycles. The highest BCUT2D eigenvalue weighted by Gasteiger charge is 2.20. The molecular formula is C28H28N2O2S. The molecule has 4 nitrogen and oxygen atoms in total. The summed E-state index contributed by atoms with van der Waals surface area (Å²) in [6, 6.07) is 25.9. The molecule has 2 aromatic carbocycles. The van der Waals surface area contributed by atoms with Crippen molar-refractivity contribution in [2.24, 2.45) is 0 Å². The Morgan fingerprint density at radius 3 is 2.39 bits per heavy atom. The number of furan rings is 1. The number of carbonyl (C=O) groups excluding carboxylic acids is 1. The quantitative estimate of drug-likeness (QED) is 0.271. The molecule has 33 heavy (non-hydrogen) atoms. The average Bonchev–Trinajstić information content (AvgIpc) is 3.31. The summed E-state index contributed by atoms with van der Waals surface area (Å²) in [7, 11) is 0. The van der Waals surface area contributed by atoms with Gasteiger partial charge in [0.2, 0.25) is 0 Å². The van der Waals surface area contributed by atoms with E-state index in [0.29, 0.717) is 31.0 Å². The molecule has 0 aliphatic heterocycles. The number of pyridine rings is 1. The molecule has 0 N–H and O–H groups in total. The maximum atomic E-state index is 13.4. The van der Waals surface area contributed by atoms with E-state index in [0.717, 1.165) is 17.0 Å². The lowest BCUT2D eigenvalue weighted by Gasteiger charge is -2.22. The monoisotopic (exact) mass is 456 g/mol. The predicted octanol–water partition coefficient (Wildman–Crippen LogP) is 6.47. The van der Waals surface area contributed by atoms with E-state index in [1.165, 1.54) is 16.0 Å². The standard InChI is InChI=1S/C28H28N2O2S/c1-21-9-8-10-22(2)27(21)33-20-25-14-15-26(32-25)28(31)30(19-23-11-4-3-5-12-23)18-16-24-13-6-7-17-29-24/h3-15,17H,16,18-20H2,1-2H3. The number of amides is 1. The molecule has 0 atom stereocenters. The molecule has 0 spiro atoms. The van der Waals surface area contributed by atoms with Gasteiger partial charge in [0.1, 0.15) is 5.76 Å². The van der Waals surface area contributed by atoms with Crippen LogP contribution in [0.1, 0.15) is 38.7 Å². The van der Waals surface area contributed by atoms with Crippen molar-refractivity contribution in [3.8, 4) is 0 Å². The van der Waals surface area contributed by atoms with Crippen LogP contribution in [0.5, 0.6) is 0 Å². The first kappa shape index (κ1) is 22.9. The molecule has 4 rings (SSSR count). The molecule has 5 heteroatoms. The van der Waals surface area contributed by atoms with Gasteiger partial charge in [0.25, 0.3) is 5.91 Å². The van der Waals surface area contributed by atoms with Crippen LogP contribution in [-0.4, -0.2) is 22.3 Å². The lowest BCUT2D eigenvalue weighted by Crippen LogP contribution is -2.32. The highest BCUT2D eigenvalue weighted by molar-refractivity contribution is 7.98. The minimum Gasteiger partial charge on any atom is -0.455 e. The van der Waals surface area contributed by atoms with E-state index in [9.17, 15) is 4.79 Å². The summed E-state index contributed by atoms with van der Waals surface area (Å²) in [6.07, 6.45) is 2.47. The summed E-state index contributed by atoms with van der Waals surface area (Å²) in [5.74, 6) is 1.77. The Morgan fingerprint density at radius 2 is 1.67 bits per heavy atom. The zero-order valence-electron chi connectivity index (χ0n) is 19.0. The number of thioether (sulfide) groups is 1. The third-order valence-electron chi connectivity index (χ3n) is 5.51. The first-order chi connectivity index (χ1) is 16.1. The lowest BCUT2D eigenvalue weighted by atomic mass is 10.2. The molecule has 0 aliphatic rings. The number of benzene rings is 2. The van der Waals surface area contributed by atoms with Crippen LogP contribution in [0.2, 0.25) is 0 Å². The fourth-order valence-electron chi connectivity index (χ4n) is 3.75. The van der Waals surface area contributed by atoms with E-state index < -0.39 is 0 Å². The van der Waals surface area contributed by atoms with Crippen LogP contribution in [0, 0.1) is 13.8 Å². The Kier molecular flexibility index (Phi) is 7.63. The Morgan fingerprint density at radius 1 is 0.909 bits per heavy atom. The van der Waals surface area contributed by atoms with Crippen LogP contribution in [0.4, 0.5) is 0 Å². The van der Waals surface area contributed by atoms with Gasteiger partial charge in [-0.2, -0.15) is 0 Å². The van der Waals surface area contributed by atoms with Crippen molar-refractivity contribution in [2.75, 3.05) is 6.54 Å². The van der Waals surface area contributed by atoms with Gasteiger partial charge in [-0.15, -0.1) is 11.8 Å². The predicted molar refractivity (Wildman–Crippen MR) is 133 cm³/mol. The van der Waals surface area contributed by atoms with E-state index >= 15 is 0 Å². The van der Waals surface area contributed by atoms with Crippen molar-refractivity contribution in [1.82, 2.24) is 9.88 Å². The Bertz CT molecular complexity index is 1170. The van der Waals surface area contributed by atoms with Gasteiger partial charge in [-0.05, 0) is 54.8 Å². The molecule has 2 heterocycles. The molecule has 0 unspecified atom stereocenters. The minimum absolute atomic E-state index is 0.0990.